The summed E-state index contributed by atoms with van der Waals surface area (Å²) in [7, 11) is 0. The lowest BCUT2D eigenvalue weighted by Gasteiger charge is -2.24. The molecule has 1 aliphatic carbocycles. The second kappa shape index (κ2) is 7.69. The number of carbonyl (C=O) groups is 2. The molecule has 1 saturated carbocycles. The molecule has 2 amide bonds. The third-order valence-corrected chi connectivity index (χ3v) is 4.63. The maximum absolute atomic E-state index is 12.1. The van der Waals surface area contributed by atoms with E-state index in [0.29, 0.717) is 24.6 Å². The molecular weight excluding hydrogens is 304 g/mol. The van der Waals surface area contributed by atoms with Crippen molar-refractivity contribution >= 4 is 11.8 Å². The van der Waals surface area contributed by atoms with Crippen molar-refractivity contribution in [3.63, 3.8) is 0 Å². The Morgan fingerprint density at radius 3 is 2.62 bits per heavy atom. The van der Waals surface area contributed by atoms with Gasteiger partial charge in [-0.1, -0.05) is 6.92 Å². The quantitative estimate of drug-likeness (QED) is 0.836. The fraction of sp³-hybridized carbons (Fsp3) is 0.579. The lowest BCUT2D eigenvalue weighted by atomic mass is 10.2. The molecule has 0 aromatic heterocycles. The zero-order valence-corrected chi connectivity index (χ0v) is 14.3. The van der Waals surface area contributed by atoms with Crippen LogP contribution in [-0.2, 0) is 4.79 Å². The lowest BCUT2D eigenvalue weighted by Crippen LogP contribution is -2.38. The largest absolute Gasteiger partial charge is 0.491 e. The summed E-state index contributed by atoms with van der Waals surface area (Å²) in [5.74, 6) is 0.958. The highest BCUT2D eigenvalue weighted by molar-refractivity contribution is 5.94. The molecule has 130 valence electrons. The fourth-order valence-electron chi connectivity index (χ4n) is 3.09. The van der Waals surface area contributed by atoms with E-state index in [1.165, 1.54) is 0 Å². The zero-order chi connectivity index (χ0) is 16.9. The molecule has 0 radical (unpaired) electrons. The molecule has 0 spiro atoms. The van der Waals surface area contributed by atoms with Crippen LogP contribution in [0.2, 0.25) is 0 Å². The van der Waals surface area contributed by atoms with Crippen LogP contribution in [0.3, 0.4) is 0 Å². The lowest BCUT2D eigenvalue weighted by molar-refractivity contribution is -0.132. The topological polar surface area (TPSA) is 58.6 Å². The van der Waals surface area contributed by atoms with Gasteiger partial charge in [-0.2, -0.15) is 0 Å². The van der Waals surface area contributed by atoms with Gasteiger partial charge in [-0.05, 0) is 56.4 Å². The van der Waals surface area contributed by atoms with Crippen molar-refractivity contribution in [1.29, 1.82) is 0 Å². The minimum absolute atomic E-state index is 0.0174. The van der Waals surface area contributed by atoms with Crippen molar-refractivity contribution in [2.24, 2.45) is 0 Å². The molecule has 0 unspecified atom stereocenters. The molecule has 1 saturated heterocycles. The number of ether oxygens (including phenoxy) is 1. The first-order valence-electron chi connectivity index (χ1n) is 9.00. The minimum Gasteiger partial charge on any atom is -0.491 e. The third kappa shape index (κ3) is 4.28. The summed E-state index contributed by atoms with van der Waals surface area (Å²) in [5.41, 5.74) is 0.662. The van der Waals surface area contributed by atoms with E-state index in [0.717, 1.165) is 44.4 Å². The number of rotatable bonds is 7. The first-order chi connectivity index (χ1) is 11.7. The highest BCUT2D eigenvalue weighted by atomic mass is 16.5. The number of hydrogen-bond donors (Lipinski definition) is 1. The van der Waals surface area contributed by atoms with Crippen LogP contribution in [0.25, 0.3) is 0 Å². The van der Waals surface area contributed by atoms with Gasteiger partial charge in [0.15, 0.2) is 0 Å². The molecular formula is C19H26N2O3. The number of amides is 2. The molecule has 2 aliphatic rings. The molecule has 24 heavy (non-hydrogen) atoms. The molecule has 1 atom stereocenters. The Balaban J connectivity index is 1.50. The average molecular weight is 330 g/mol. The average Bonchev–Trinajstić information content (AvgIpc) is 3.27. The van der Waals surface area contributed by atoms with Crippen molar-refractivity contribution in [2.75, 3.05) is 13.2 Å². The molecule has 2 fully saturated rings. The van der Waals surface area contributed by atoms with E-state index >= 15 is 0 Å². The minimum atomic E-state index is -0.0174. The van der Waals surface area contributed by atoms with Crippen LogP contribution < -0.4 is 10.1 Å². The number of likely N-dealkylation sites (tertiary alicyclic amines) is 1. The number of hydrogen-bond acceptors (Lipinski definition) is 3. The Morgan fingerprint density at radius 1 is 1.21 bits per heavy atom. The van der Waals surface area contributed by atoms with Crippen LogP contribution in [0.5, 0.6) is 5.75 Å². The van der Waals surface area contributed by atoms with Gasteiger partial charge in [-0.3, -0.25) is 9.59 Å². The van der Waals surface area contributed by atoms with E-state index in [1.807, 2.05) is 24.0 Å². The Kier molecular flexibility index (Phi) is 5.38. The summed E-state index contributed by atoms with van der Waals surface area (Å²) >= 11 is 0. The Labute approximate surface area is 143 Å². The van der Waals surface area contributed by atoms with Crippen molar-refractivity contribution < 1.29 is 14.3 Å². The highest BCUT2D eigenvalue weighted by Gasteiger charge is 2.28. The molecule has 0 bridgehead atoms. The van der Waals surface area contributed by atoms with E-state index in [9.17, 15) is 9.59 Å². The number of carbonyl (C=O) groups excluding carboxylic acids is 2. The second-order valence-corrected chi connectivity index (χ2v) is 6.72. The molecule has 1 N–H and O–H groups in total. The number of nitrogens with one attached hydrogen (secondary N) is 1. The predicted octanol–water partition coefficient (Wildman–Crippen LogP) is 2.75. The van der Waals surface area contributed by atoms with E-state index in [2.05, 4.69) is 5.32 Å². The van der Waals surface area contributed by atoms with Gasteiger partial charge in [0.1, 0.15) is 12.4 Å². The third-order valence-electron chi connectivity index (χ3n) is 4.63. The van der Waals surface area contributed by atoms with Crippen LogP contribution in [0.4, 0.5) is 0 Å². The van der Waals surface area contributed by atoms with Crippen LogP contribution in [0, 0.1) is 0 Å². The van der Waals surface area contributed by atoms with Gasteiger partial charge in [-0.15, -0.1) is 0 Å². The molecule has 3 rings (SSSR count). The molecule has 5 heteroatoms. The van der Waals surface area contributed by atoms with E-state index in [4.69, 9.17) is 4.74 Å². The smallest absolute Gasteiger partial charge is 0.251 e. The summed E-state index contributed by atoms with van der Waals surface area (Å²) in [4.78, 5) is 26.0. The Bertz CT molecular complexity index is 581. The van der Waals surface area contributed by atoms with Gasteiger partial charge in [0, 0.05) is 24.6 Å². The molecule has 1 heterocycles. The van der Waals surface area contributed by atoms with Gasteiger partial charge in [-0.25, -0.2) is 0 Å². The highest BCUT2D eigenvalue weighted by Crippen LogP contribution is 2.22. The van der Waals surface area contributed by atoms with Gasteiger partial charge in [0.25, 0.3) is 5.91 Å². The maximum Gasteiger partial charge on any atom is 0.251 e. The first kappa shape index (κ1) is 16.8. The molecule has 1 aromatic rings. The summed E-state index contributed by atoms with van der Waals surface area (Å²) in [6.45, 7) is 3.39. The summed E-state index contributed by atoms with van der Waals surface area (Å²) < 4.78 is 5.85. The van der Waals surface area contributed by atoms with Crippen molar-refractivity contribution in [3.8, 4) is 5.75 Å². The van der Waals surface area contributed by atoms with Crippen LogP contribution in [0.15, 0.2) is 24.3 Å². The van der Waals surface area contributed by atoms with E-state index in [-0.39, 0.29) is 17.9 Å². The molecule has 1 aliphatic heterocycles. The molecule has 5 nitrogen and oxygen atoms in total. The summed E-state index contributed by atoms with van der Waals surface area (Å²) in [5, 5.41) is 2.97. The zero-order valence-electron chi connectivity index (χ0n) is 14.3. The van der Waals surface area contributed by atoms with Crippen LogP contribution >= 0.6 is 0 Å². The van der Waals surface area contributed by atoms with Crippen LogP contribution in [0.1, 0.15) is 55.8 Å². The second-order valence-electron chi connectivity index (χ2n) is 6.72. The fourth-order valence-corrected chi connectivity index (χ4v) is 3.09. The van der Waals surface area contributed by atoms with Gasteiger partial charge in [0.2, 0.25) is 5.91 Å². The number of nitrogens with zero attached hydrogens (tertiary/aromatic N) is 1. The first-order valence-corrected chi connectivity index (χ1v) is 9.00. The monoisotopic (exact) mass is 330 g/mol. The van der Waals surface area contributed by atoms with Gasteiger partial charge >= 0.3 is 0 Å². The predicted molar refractivity (Wildman–Crippen MR) is 92.1 cm³/mol. The Morgan fingerprint density at radius 2 is 1.96 bits per heavy atom. The van der Waals surface area contributed by atoms with E-state index < -0.39 is 0 Å². The van der Waals surface area contributed by atoms with Gasteiger partial charge < -0.3 is 15.0 Å². The SMILES string of the molecule is CCCC(=O)N1CCC[C@H]1COc1ccc(C(=O)NC2CC2)cc1. The van der Waals surface area contributed by atoms with Crippen molar-refractivity contribution in [2.45, 2.75) is 57.5 Å². The summed E-state index contributed by atoms with van der Waals surface area (Å²) in [6.07, 6.45) is 5.71. The van der Waals surface area contributed by atoms with Crippen molar-refractivity contribution in [1.82, 2.24) is 10.2 Å². The number of benzene rings is 1. The standard InChI is InChI=1S/C19H26N2O3/c1-2-4-18(22)21-12-3-5-16(21)13-24-17-10-6-14(7-11-17)19(23)20-15-8-9-15/h6-7,10-11,15-16H,2-5,8-9,12-13H2,1H3,(H,20,23)/t16-/m0/s1. The summed E-state index contributed by atoms with van der Waals surface area (Å²) in [6, 6.07) is 7.78. The van der Waals surface area contributed by atoms with E-state index in [1.54, 1.807) is 12.1 Å². The van der Waals surface area contributed by atoms with Crippen molar-refractivity contribution in [3.05, 3.63) is 29.8 Å². The van der Waals surface area contributed by atoms with Crippen LogP contribution in [-0.4, -0.2) is 41.9 Å². The molecule has 1 aromatic carbocycles. The van der Waals surface area contributed by atoms with Gasteiger partial charge in [0.05, 0.1) is 6.04 Å². The Hall–Kier alpha value is -2.04. The normalized spacial score (nSPS) is 20.0. The maximum atomic E-state index is 12.1.